The molecule has 0 fully saturated rings. The van der Waals surface area contributed by atoms with Crippen LogP contribution in [0.5, 0.6) is 5.75 Å². The molecule has 0 radical (unpaired) electrons. The van der Waals surface area contributed by atoms with Crippen LogP contribution in [0.1, 0.15) is 18.9 Å². The monoisotopic (exact) mass is 206 g/mol. The molecule has 3 nitrogen and oxygen atoms in total. The third-order valence-corrected chi connectivity index (χ3v) is 2.01. The fourth-order valence-corrected chi connectivity index (χ4v) is 1.04. The van der Waals surface area contributed by atoms with Crippen LogP contribution in [0.2, 0.25) is 0 Å². The third-order valence-electron chi connectivity index (χ3n) is 2.01. The molecule has 1 rings (SSSR count). The van der Waals surface area contributed by atoms with Crippen molar-refractivity contribution in [1.29, 1.82) is 0 Å². The molecule has 1 aromatic rings. The van der Waals surface area contributed by atoms with Gasteiger partial charge in [0, 0.05) is 0 Å². The fraction of sp³-hybridized carbons (Fsp3) is 0.250. The number of aliphatic carboxylic acids is 1. The molecule has 0 aliphatic rings. The summed E-state index contributed by atoms with van der Waals surface area (Å²) in [5.74, 6) is -0.294. The summed E-state index contributed by atoms with van der Waals surface area (Å²) in [7, 11) is 0. The zero-order valence-corrected chi connectivity index (χ0v) is 8.86. The first-order valence-electron chi connectivity index (χ1n) is 4.79. The molecule has 1 N–H and O–H groups in total. The van der Waals surface area contributed by atoms with Gasteiger partial charge in [0.2, 0.25) is 0 Å². The minimum atomic E-state index is -0.940. The predicted octanol–water partition coefficient (Wildman–Crippen LogP) is 2.75. The first-order valence-corrected chi connectivity index (χ1v) is 4.79. The van der Waals surface area contributed by atoms with Gasteiger partial charge < -0.3 is 9.84 Å². The molecule has 0 bridgehead atoms. The Labute approximate surface area is 89.0 Å². The Balaban J connectivity index is 2.70. The normalized spacial score (nSPS) is 11.2. The van der Waals surface area contributed by atoms with E-state index >= 15 is 0 Å². The first-order chi connectivity index (χ1) is 7.13. The molecule has 15 heavy (non-hydrogen) atoms. The van der Waals surface area contributed by atoms with E-state index in [-0.39, 0.29) is 5.57 Å². The molecule has 0 unspecified atom stereocenters. The second-order valence-corrected chi connectivity index (χ2v) is 3.23. The van der Waals surface area contributed by atoms with Crippen molar-refractivity contribution in [2.75, 3.05) is 0 Å². The van der Waals surface area contributed by atoms with Crippen LogP contribution in [-0.4, -0.2) is 11.1 Å². The van der Waals surface area contributed by atoms with E-state index in [0.29, 0.717) is 12.2 Å². The van der Waals surface area contributed by atoms with Crippen molar-refractivity contribution < 1.29 is 14.6 Å². The molecule has 0 saturated heterocycles. The van der Waals surface area contributed by atoms with Gasteiger partial charge in [0.1, 0.15) is 12.0 Å². The van der Waals surface area contributed by atoms with Gasteiger partial charge in [-0.25, -0.2) is 4.79 Å². The molecule has 1 aromatic carbocycles. The molecule has 0 aromatic heterocycles. The van der Waals surface area contributed by atoms with Gasteiger partial charge >= 0.3 is 5.97 Å². The van der Waals surface area contributed by atoms with Gasteiger partial charge in [0.25, 0.3) is 0 Å². The van der Waals surface area contributed by atoms with E-state index in [9.17, 15) is 4.79 Å². The summed E-state index contributed by atoms with van der Waals surface area (Å²) in [5.41, 5.74) is 1.40. The average molecular weight is 206 g/mol. The molecule has 0 spiro atoms. The lowest BCUT2D eigenvalue weighted by atomic mass is 10.2. The number of hydrogen-bond donors (Lipinski definition) is 1. The molecule has 0 aliphatic heterocycles. The van der Waals surface area contributed by atoms with Gasteiger partial charge in [0.05, 0.1) is 5.57 Å². The average Bonchev–Trinajstić information content (AvgIpc) is 2.21. The van der Waals surface area contributed by atoms with Gasteiger partial charge in [-0.2, -0.15) is 0 Å². The number of aryl methyl sites for hydroxylation is 1. The zero-order chi connectivity index (χ0) is 11.3. The molecule has 0 amide bonds. The largest absolute Gasteiger partial charge is 0.478 e. The Kier molecular flexibility index (Phi) is 3.92. The van der Waals surface area contributed by atoms with Crippen LogP contribution in [0.3, 0.4) is 0 Å². The highest BCUT2D eigenvalue weighted by Gasteiger charge is 2.04. The Morgan fingerprint density at radius 2 is 2.00 bits per heavy atom. The first kappa shape index (κ1) is 11.3. The number of rotatable bonds is 4. The summed E-state index contributed by atoms with van der Waals surface area (Å²) in [4.78, 5) is 10.7. The second-order valence-electron chi connectivity index (χ2n) is 3.23. The van der Waals surface area contributed by atoms with Crippen molar-refractivity contribution in [1.82, 2.24) is 0 Å². The maximum absolute atomic E-state index is 10.7. The molecule has 3 heteroatoms. The van der Waals surface area contributed by atoms with E-state index in [0.717, 1.165) is 5.56 Å². The Bertz CT molecular complexity index is 363. The predicted molar refractivity (Wildman–Crippen MR) is 57.8 cm³/mol. The molecular weight excluding hydrogens is 192 g/mol. The number of carbonyl (C=O) groups is 1. The molecule has 0 atom stereocenters. The van der Waals surface area contributed by atoms with Gasteiger partial charge in [-0.15, -0.1) is 0 Å². The Hall–Kier alpha value is -1.77. The highest BCUT2D eigenvalue weighted by Crippen LogP contribution is 2.13. The van der Waals surface area contributed by atoms with Gasteiger partial charge in [-0.3, -0.25) is 0 Å². The van der Waals surface area contributed by atoms with E-state index in [1.54, 1.807) is 19.1 Å². The standard InChI is InChI=1S/C12H14O3/c1-3-10(12(13)14)8-15-11-6-4-9(2)5-7-11/h4-8H,3H2,1-2H3,(H,13,14). The van der Waals surface area contributed by atoms with Crippen LogP contribution in [-0.2, 0) is 4.79 Å². The smallest absolute Gasteiger partial charge is 0.334 e. The minimum absolute atomic E-state index is 0.260. The summed E-state index contributed by atoms with van der Waals surface area (Å²) < 4.78 is 5.23. The Morgan fingerprint density at radius 1 is 1.40 bits per heavy atom. The van der Waals surface area contributed by atoms with E-state index in [1.165, 1.54) is 6.26 Å². The summed E-state index contributed by atoms with van der Waals surface area (Å²) in [6, 6.07) is 7.44. The molecular formula is C12H14O3. The van der Waals surface area contributed by atoms with Crippen molar-refractivity contribution >= 4 is 5.97 Å². The topological polar surface area (TPSA) is 46.5 Å². The number of carboxylic acids is 1. The van der Waals surface area contributed by atoms with Gasteiger partial charge in [-0.05, 0) is 25.5 Å². The summed E-state index contributed by atoms with van der Waals surface area (Å²) in [6.45, 7) is 3.76. The van der Waals surface area contributed by atoms with Crippen molar-refractivity contribution in [2.45, 2.75) is 20.3 Å². The van der Waals surface area contributed by atoms with Crippen LogP contribution < -0.4 is 4.74 Å². The lowest BCUT2D eigenvalue weighted by Crippen LogP contribution is -2.00. The maximum Gasteiger partial charge on any atom is 0.334 e. The van der Waals surface area contributed by atoms with Crippen LogP contribution in [0.4, 0.5) is 0 Å². The van der Waals surface area contributed by atoms with Crippen molar-refractivity contribution in [3.05, 3.63) is 41.7 Å². The van der Waals surface area contributed by atoms with Crippen LogP contribution in [0, 0.1) is 6.92 Å². The third kappa shape index (κ3) is 3.46. The van der Waals surface area contributed by atoms with Crippen molar-refractivity contribution in [2.24, 2.45) is 0 Å². The lowest BCUT2D eigenvalue weighted by molar-refractivity contribution is -0.132. The van der Waals surface area contributed by atoms with E-state index in [4.69, 9.17) is 9.84 Å². The fourth-order valence-electron chi connectivity index (χ4n) is 1.04. The summed E-state index contributed by atoms with van der Waals surface area (Å²) >= 11 is 0. The Morgan fingerprint density at radius 3 is 2.47 bits per heavy atom. The van der Waals surface area contributed by atoms with E-state index in [2.05, 4.69) is 0 Å². The molecule has 0 saturated carbocycles. The summed E-state index contributed by atoms with van der Waals surface area (Å²) in [5, 5.41) is 8.75. The van der Waals surface area contributed by atoms with E-state index in [1.807, 2.05) is 19.1 Å². The molecule has 80 valence electrons. The maximum atomic E-state index is 10.7. The van der Waals surface area contributed by atoms with Crippen molar-refractivity contribution in [3.63, 3.8) is 0 Å². The van der Waals surface area contributed by atoms with Crippen LogP contribution in [0.15, 0.2) is 36.1 Å². The zero-order valence-electron chi connectivity index (χ0n) is 8.86. The number of ether oxygens (including phenoxy) is 1. The number of benzene rings is 1. The highest BCUT2D eigenvalue weighted by molar-refractivity contribution is 5.86. The molecule has 0 aliphatic carbocycles. The van der Waals surface area contributed by atoms with E-state index < -0.39 is 5.97 Å². The highest BCUT2D eigenvalue weighted by atomic mass is 16.5. The SMILES string of the molecule is CCC(=COc1ccc(C)cc1)C(=O)O. The van der Waals surface area contributed by atoms with Gasteiger partial charge in [0.15, 0.2) is 0 Å². The molecule has 0 heterocycles. The number of hydrogen-bond acceptors (Lipinski definition) is 2. The number of carboxylic acid groups (broad SMARTS) is 1. The summed E-state index contributed by atoms with van der Waals surface area (Å²) in [6.07, 6.45) is 1.73. The van der Waals surface area contributed by atoms with Crippen LogP contribution >= 0.6 is 0 Å². The quantitative estimate of drug-likeness (QED) is 0.608. The lowest BCUT2D eigenvalue weighted by Gasteiger charge is -2.02. The van der Waals surface area contributed by atoms with Gasteiger partial charge in [-0.1, -0.05) is 24.6 Å². The van der Waals surface area contributed by atoms with Crippen LogP contribution in [0.25, 0.3) is 0 Å². The second kappa shape index (κ2) is 5.20. The minimum Gasteiger partial charge on any atom is -0.478 e. The van der Waals surface area contributed by atoms with Crippen molar-refractivity contribution in [3.8, 4) is 5.75 Å².